The zero-order valence-corrected chi connectivity index (χ0v) is 10.4. The lowest BCUT2D eigenvalue weighted by Gasteiger charge is -2.24. The van der Waals surface area contributed by atoms with Crippen molar-refractivity contribution in [1.29, 1.82) is 0 Å². The van der Waals surface area contributed by atoms with Gasteiger partial charge >= 0.3 is 0 Å². The van der Waals surface area contributed by atoms with Crippen molar-refractivity contribution < 1.29 is 12.3 Å². The first-order chi connectivity index (χ1) is 4.96. The minimum absolute atomic E-state index is 0.812. The van der Waals surface area contributed by atoms with Crippen LogP contribution in [0.4, 0.5) is 0 Å². The van der Waals surface area contributed by atoms with Crippen LogP contribution in [-0.2, 0) is 14.0 Å². The molecular formula is C7H18O3SSi. The van der Waals surface area contributed by atoms with Crippen LogP contribution in [0.5, 0.6) is 0 Å². The molecule has 0 aliphatic rings. The zero-order chi connectivity index (χ0) is 10.2. The number of rotatable bonds is 2. The summed E-state index contributed by atoms with van der Waals surface area (Å²) in [5, 5.41) is 0. The fourth-order valence-electron chi connectivity index (χ4n) is 0.454. The molecule has 0 rings (SSSR count). The van der Waals surface area contributed by atoms with E-state index in [0.29, 0.717) is 0 Å². The average Bonchev–Trinajstić information content (AvgIpc) is 1.52. The van der Waals surface area contributed by atoms with Crippen molar-refractivity contribution in [2.45, 2.75) is 45.2 Å². The normalized spacial score (nSPS) is 14.8. The van der Waals surface area contributed by atoms with Crippen molar-refractivity contribution in [3.8, 4) is 0 Å². The van der Waals surface area contributed by atoms with Gasteiger partial charge in [0.15, 0.2) is 0 Å². The average molecular weight is 210 g/mol. The van der Waals surface area contributed by atoms with Gasteiger partial charge in [-0.25, -0.2) is 0 Å². The quantitative estimate of drug-likeness (QED) is 0.654. The molecule has 0 radical (unpaired) electrons. The van der Waals surface area contributed by atoms with E-state index in [4.69, 9.17) is 3.87 Å². The van der Waals surface area contributed by atoms with Crippen molar-refractivity contribution in [3.05, 3.63) is 0 Å². The lowest BCUT2D eigenvalue weighted by Crippen LogP contribution is -2.38. The van der Waals surface area contributed by atoms with Crippen molar-refractivity contribution in [3.63, 3.8) is 0 Å². The molecule has 0 unspecified atom stereocenters. The van der Waals surface area contributed by atoms with E-state index in [9.17, 15) is 8.42 Å². The molecule has 0 bridgehead atoms. The van der Waals surface area contributed by atoms with E-state index in [2.05, 4.69) is 0 Å². The first kappa shape index (κ1) is 12.1. The van der Waals surface area contributed by atoms with E-state index in [1.165, 1.54) is 0 Å². The monoisotopic (exact) mass is 210 g/mol. The van der Waals surface area contributed by atoms with Crippen molar-refractivity contribution in [1.82, 2.24) is 0 Å². The highest BCUT2D eigenvalue weighted by Crippen LogP contribution is 2.21. The summed E-state index contributed by atoms with van der Waals surface area (Å²) in [6, 6.07) is 0. The topological polar surface area (TPSA) is 43.4 Å². The number of hydrogen-bond donors (Lipinski definition) is 0. The molecule has 0 N–H and O–H groups in total. The van der Waals surface area contributed by atoms with E-state index >= 15 is 0 Å². The van der Waals surface area contributed by atoms with Gasteiger partial charge in [0.25, 0.3) is 10.1 Å². The molecule has 74 valence electrons. The minimum Gasteiger partial charge on any atom is -0.315 e. The lowest BCUT2D eigenvalue weighted by atomic mass is 10.3. The summed E-state index contributed by atoms with van der Waals surface area (Å²) >= 11 is 0. The SMILES string of the molecule is CC(C)(C)S(=O)(=O)O[Si](C)(C)C. The summed E-state index contributed by atoms with van der Waals surface area (Å²) in [5.74, 6) is 0. The Bertz CT molecular complexity index is 243. The van der Waals surface area contributed by atoms with Crippen LogP contribution in [0.1, 0.15) is 20.8 Å². The van der Waals surface area contributed by atoms with E-state index in [1.807, 2.05) is 19.6 Å². The Morgan fingerprint density at radius 2 is 1.42 bits per heavy atom. The Labute approximate surface area is 76.4 Å². The lowest BCUT2D eigenvalue weighted by molar-refractivity contribution is 0.453. The third kappa shape index (κ3) is 3.69. The third-order valence-corrected chi connectivity index (χ3v) is 5.49. The van der Waals surface area contributed by atoms with E-state index in [-0.39, 0.29) is 0 Å². The van der Waals surface area contributed by atoms with Gasteiger partial charge in [0, 0.05) is 0 Å². The Balaban J connectivity index is 4.70. The zero-order valence-electron chi connectivity index (χ0n) is 8.63. The number of hydrogen-bond acceptors (Lipinski definition) is 3. The molecule has 0 saturated carbocycles. The van der Waals surface area contributed by atoms with Gasteiger partial charge in [0.2, 0.25) is 8.32 Å². The van der Waals surface area contributed by atoms with Crippen LogP contribution in [0.2, 0.25) is 19.6 Å². The van der Waals surface area contributed by atoms with Crippen LogP contribution >= 0.6 is 0 Å². The second-order valence-corrected chi connectivity index (χ2v) is 11.8. The maximum absolute atomic E-state index is 11.5. The molecule has 0 fully saturated rings. The Hall–Kier alpha value is 0.127. The molecule has 0 amide bonds. The second kappa shape index (κ2) is 3.12. The third-order valence-electron chi connectivity index (χ3n) is 1.11. The highest BCUT2D eigenvalue weighted by Gasteiger charge is 2.34. The molecule has 0 aromatic carbocycles. The van der Waals surface area contributed by atoms with E-state index < -0.39 is 23.2 Å². The molecule has 0 saturated heterocycles. The molecular weight excluding hydrogens is 192 g/mol. The van der Waals surface area contributed by atoms with Crippen molar-refractivity contribution in [2.24, 2.45) is 0 Å². The standard InChI is InChI=1S/C7H18O3SSi/c1-7(2,3)11(8,9)10-12(4,5)6/h1-6H3. The molecule has 0 spiro atoms. The van der Waals surface area contributed by atoms with Gasteiger partial charge in [0.1, 0.15) is 0 Å². The van der Waals surface area contributed by atoms with Gasteiger partial charge in [-0.05, 0) is 40.4 Å². The van der Waals surface area contributed by atoms with Gasteiger partial charge in [-0.3, -0.25) is 0 Å². The molecule has 12 heavy (non-hydrogen) atoms. The second-order valence-electron chi connectivity index (χ2n) is 4.76. The largest absolute Gasteiger partial charge is 0.315 e. The summed E-state index contributed by atoms with van der Waals surface area (Å²) in [6.07, 6.45) is 0. The van der Waals surface area contributed by atoms with Crippen LogP contribution in [0.25, 0.3) is 0 Å². The molecule has 0 aromatic rings. The van der Waals surface area contributed by atoms with Gasteiger partial charge in [-0.15, -0.1) is 0 Å². The maximum Gasteiger partial charge on any atom is 0.262 e. The van der Waals surface area contributed by atoms with Crippen LogP contribution in [-0.4, -0.2) is 21.5 Å². The molecule has 5 heteroatoms. The van der Waals surface area contributed by atoms with Crippen molar-refractivity contribution in [2.75, 3.05) is 0 Å². The van der Waals surface area contributed by atoms with Crippen LogP contribution < -0.4 is 0 Å². The van der Waals surface area contributed by atoms with Gasteiger partial charge in [-0.2, -0.15) is 8.42 Å². The highest BCUT2D eigenvalue weighted by atomic mass is 32.2. The summed E-state index contributed by atoms with van der Waals surface area (Å²) in [7, 11) is -5.38. The fraction of sp³-hybridized carbons (Fsp3) is 1.00. The predicted octanol–water partition coefficient (Wildman–Crippen LogP) is 1.97. The highest BCUT2D eigenvalue weighted by molar-refractivity contribution is 7.89. The Morgan fingerprint density at radius 1 is 1.08 bits per heavy atom. The molecule has 0 atom stereocenters. The predicted molar refractivity (Wildman–Crippen MR) is 53.1 cm³/mol. The Morgan fingerprint density at radius 3 is 1.50 bits per heavy atom. The summed E-state index contributed by atoms with van der Waals surface area (Å²) in [6.45, 7) is 10.5. The van der Waals surface area contributed by atoms with E-state index in [0.717, 1.165) is 0 Å². The van der Waals surface area contributed by atoms with Gasteiger partial charge in [-0.1, -0.05) is 0 Å². The van der Waals surface area contributed by atoms with Gasteiger partial charge < -0.3 is 3.87 Å². The molecule has 3 nitrogen and oxygen atoms in total. The summed E-state index contributed by atoms with van der Waals surface area (Å²) < 4.78 is 27.2. The van der Waals surface area contributed by atoms with Gasteiger partial charge in [0.05, 0.1) is 4.75 Å². The van der Waals surface area contributed by atoms with Crippen LogP contribution in [0.15, 0.2) is 0 Å². The van der Waals surface area contributed by atoms with E-state index in [1.54, 1.807) is 20.8 Å². The van der Waals surface area contributed by atoms with Crippen LogP contribution in [0.3, 0.4) is 0 Å². The maximum atomic E-state index is 11.5. The van der Waals surface area contributed by atoms with Crippen LogP contribution in [0, 0.1) is 0 Å². The first-order valence-corrected chi connectivity index (χ1v) is 8.72. The molecule has 0 aliphatic carbocycles. The first-order valence-electron chi connectivity index (χ1n) is 3.91. The Kier molecular flexibility index (Phi) is 3.15. The summed E-state index contributed by atoms with van der Waals surface area (Å²) in [4.78, 5) is 0. The smallest absolute Gasteiger partial charge is 0.262 e. The molecule has 0 heterocycles. The summed E-state index contributed by atoms with van der Waals surface area (Å²) in [5.41, 5.74) is 0. The molecule has 0 aromatic heterocycles. The molecule has 0 aliphatic heterocycles. The van der Waals surface area contributed by atoms with Crippen molar-refractivity contribution >= 4 is 18.4 Å². The minimum atomic E-state index is -3.39. The fourth-order valence-corrected chi connectivity index (χ4v) is 4.09.